The van der Waals surface area contributed by atoms with Gasteiger partial charge in [0.15, 0.2) is 0 Å². The third kappa shape index (κ3) is 4.77. The Morgan fingerprint density at radius 3 is 2.34 bits per heavy atom. The number of furan rings is 1. The van der Waals surface area contributed by atoms with Crippen molar-refractivity contribution in [1.82, 2.24) is 4.90 Å². The maximum Gasteiger partial charge on any atom is 0.257 e. The summed E-state index contributed by atoms with van der Waals surface area (Å²) in [5.74, 6) is 0.564. The smallest absolute Gasteiger partial charge is 0.257 e. The van der Waals surface area contributed by atoms with Gasteiger partial charge in [-0.15, -0.1) is 0 Å². The normalized spacial score (nSPS) is 18.1. The summed E-state index contributed by atoms with van der Waals surface area (Å²) in [6.45, 7) is 0.880. The van der Waals surface area contributed by atoms with E-state index in [-0.39, 0.29) is 23.7 Å². The van der Waals surface area contributed by atoms with E-state index < -0.39 is 0 Å². The highest BCUT2D eigenvalue weighted by Crippen LogP contribution is 2.33. The van der Waals surface area contributed by atoms with Crippen molar-refractivity contribution in [3.63, 3.8) is 0 Å². The summed E-state index contributed by atoms with van der Waals surface area (Å²) in [6, 6.07) is 16.9. The Bertz CT molecular complexity index is 1040. The quantitative estimate of drug-likeness (QED) is 0.629. The Labute approximate surface area is 186 Å². The van der Waals surface area contributed by atoms with Crippen LogP contribution in [0.1, 0.15) is 28.3 Å². The van der Waals surface area contributed by atoms with Crippen LogP contribution >= 0.6 is 0 Å². The van der Waals surface area contributed by atoms with Gasteiger partial charge in [-0.1, -0.05) is 30.3 Å². The molecule has 0 bridgehead atoms. The predicted octanol–water partition coefficient (Wildman–Crippen LogP) is 4.18. The number of carbonyl (C=O) groups is 2. The standard InChI is InChI=1S/C25H26N2O5/c1-30-22-11-21(12-23(13-22)31-2)26-24(28)20-10-19(17-6-4-3-5-7-17)14-27(15-20)25(29)18-8-9-32-16-18/h3-9,11-13,16,19-20H,10,14-15H2,1-2H3,(H,26,28). The van der Waals surface area contributed by atoms with Crippen LogP contribution in [0.15, 0.2) is 71.5 Å². The van der Waals surface area contributed by atoms with Crippen LogP contribution in [0.4, 0.5) is 5.69 Å². The summed E-state index contributed by atoms with van der Waals surface area (Å²) >= 11 is 0. The molecule has 2 atom stereocenters. The number of ether oxygens (including phenoxy) is 2. The molecule has 2 aromatic carbocycles. The van der Waals surface area contributed by atoms with Gasteiger partial charge < -0.3 is 24.1 Å². The second-order valence-corrected chi connectivity index (χ2v) is 7.85. The predicted molar refractivity (Wildman–Crippen MR) is 120 cm³/mol. The summed E-state index contributed by atoms with van der Waals surface area (Å²) in [5.41, 5.74) is 2.18. The lowest BCUT2D eigenvalue weighted by Crippen LogP contribution is -2.46. The van der Waals surface area contributed by atoms with Crippen molar-refractivity contribution in [2.75, 3.05) is 32.6 Å². The second kappa shape index (κ2) is 9.60. The molecule has 3 aromatic rings. The maximum absolute atomic E-state index is 13.2. The number of benzene rings is 2. The summed E-state index contributed by atoms with van der Waals surface area (Å²) in [7, 11) is 3.12. The van der Waals surface area contributed by atoms with Gasteiger partial charge in [0.1, 0.15) is 17.8 Å². The molecule has 1 aliphatic heterocycles. The second-order valence-electron chi connectivity index (χ2n) is 7.85. The monoisotopic (exact) mass is 434 g/mol. The highest BCUT2D eigenvalue weighted by atomic mass is 16.5. The fourth-order valence-corrected chi connectivity index (χ4v) is 4.11. The van der Waals surface area contributed by atoms with Crippen molar-refractivity contribution in [1.29, 1.82) is 0 Å². The van der Waals surface area contributed by atoms with Gasteiger partial charge in [0.05, 0.1) is 32.0 Å². The molecule has 7 nitrogen and oxygen atoms in total. The van der Waals surface area contributed by atoms with Gasteiger partial charge in [-0.2, -0.15) is 0 Å². The van der Waals surface area contributed by atoms with Crippen LogP contribution < -0.4 is 14.8 Å². The van der Waals surface area contributed by atoms with Gasteiger partial charge >= 0.3 is 0 Å². The first kappa shape index (κ1) is 21.5. The number of nitrogens with zero attached hydrogens (tertiary/aromatic N) is 1. The molecule has 2 unspecified atom stereocenters. The number of amides is 2. The number of methoxy groups -OCH3 is 2. The van der Waals surface area contributed by atoms with Gasteiger partial charge in [-0.05, 0) is 18.1 Å². The molecule has 1 saturated heterocycles. The van der Waals surface area contributed by atoms with Gasteiger partial charge in [-0.3, -0.25) is 9.59 Å². The third-order valence-electron chi connectivity index (χ3n) is 5.77. The van der Waals surface area contributed by atoms with Crippen LogP contribution in [0, 0.1) is 5.92 Å². The minimum Gasteiger partial charge on any atom is -0.497 e. The average Bonchev–Trinajstić information content (AvgIpc) is 3.38. The topological polar surface area (TPSA) is 81.0 Å². The SMILES string of the molecule is COc1cc(NC(=O)C2CC(c3ccccc3)CN(C(=O)c3ccoc3)C2)cc(OC)c1. The molecule has 4 rings (SSSR count). The van der Waals surface area contributed by atoms with Gasteiger partial charge in [0, 0.05) is 42.9 Å². The number of piperidine rings is 1. The largest absolute Gasteiger partial charge is 0.497 e. The zero-order valence-corrected chi connectivity index (χ0v) is 18.1. The van der Waals surface area contributed by atoms with E-state index in [0.29, 0.717) is 42.3 Å². The third-order valence-corrected chi connectivity index (χ3v) is 5.77. The Kier molecular flexibility index (Phi) is 6.44. The number of anilines is 1. The highest BCUT2D eigenvalue weighted by molar-refractivity contribution is 5.96. The molecule has 166 valence electrons. The van der Waals surface area contributed by atoms with Crippen LogP contribution in [0.2, 0.25) is 0 Å². The lowest BCUT2D eigenvalue weighted by atomic mass is 9.83. The van der Waals surface area contributed by atoms with Crippen molar-refractivity contribution < 1.29 is 23.5 Å². The number of hydrogen-bond acceptors (Lipinski definition) is 5. The zero-order valence-electron chi connectivity index (χ0n) is 18.1. The molecule has 1 aliphatic rings. The minimum atomic E-state index is -0.373. The van der Waals surface area contributed by atoms with Crippen LogP contribution in [0.25, 0.3) is 0 Å². The Balaban J connectivity index is 1.57. The molecule has 0 radical (unpaired) electrons. The Morgan fingerprint density at radius 2 is 1.72 bits per heavy atom. The van der Waals surface area contributed by atoms with Gasteiger partial charge in [0.2, 0.25) is 5.91 Å². The number of hydrogen-bond donors (Lipinski definition) is 1. The van der Waals surface area contributed by atoms with Crippen LogP contribution in [-0.2, 0) is 4.79 Å². The molecule has 1 aromatic heterocycles. The molecular weight excluding hydrogens is 408 g/mol. The number of rotatable bonds is 6. The van der Waals surface area contributed by atoms with Gasteiger partial charge in [0.25, 0.3) is 5.91 Å². The van der Waals surface area contributed by atoms with E-state index in [0.717, 1.165) is 5.56 Å². The van der Waals surface area contributed by atoms with E-state index in [1.54, 1.807) is 43.4 Å². The molecule has 7 heteroatoms. The summed E-state index contributed by atoms with van der Waals surface area (Å²) in [4.78, 5) is 28.0. The van der Waals surface area contributed by atoms with Crippen molar-refractivity contribution in [2.45, 2.75) is 12.3 Å². The number of nitrogens with one attached hydrogen (secondary N) is 1. The van der Waals surface area contributed by atoms with Crippen LogP contribution in [0.5, 0.6) is 11.5 Å². The van der Waals surface area contributed by atoms with Crippen molar-refractivity contribution in [3.05, 3.63) is 78.3 Å². The van der Waals surface area contributed by atoms with Crippen LogP contribution in [-0.4, -0.2) is 44.0 Å². The van der Waals surface area contributed by atoms with E-state index in [1.165, 1.54) is 12.5 Å². The lowest BCUT2D eigenvalue weighted by molar-refractivity contribution is -0.121. The molecular formula is C25H26N2O5. The molecule has 1 N–H and O–H groups in total. The number of likely N-dealkylation sites (tertiary alicyclic amines) is 1. The molecule has 0 aliphatic carbocycles. The average molecular weight is 434 g/mol. The Hall–Kier alpha value is -3.74. The first-order chi connectivity index (χ1) is 15.6. The summed E-state index contributed by atoms with van der Waals surface area (Å²) in [5, 5.41) is 2.97. The Morgan fingerprint density at radius 1 is 1.00 bits per heavy atom. The molecule has 32 heavy (non-hydrogen) atoms. The highest BCUT2D eigenvalue weighted by Gasteiger charge is 2.35. The molecule has 2 heterocycles. The molecule has 2 amide bonds. The van der Waals surface area contributed by atoms with Crippen molar-refractivity contribution in [2.24, 2.45) is 5.92 Å². The maximum atomic E-state index is 13.2. The first-order valence-corrected chi connectivity index (χ1v) is 10.5. The fraction of sp³-hybridized carbons (Fsp3) is 0.280. The van der Waals surface area contributed by atoms with E-state index in [1.807, 2.05) is 30.3 Å². The minimum absolute atomic E-state index is 0.0522. The number of carbonyl (C=O) groups excluding carboxylic acids is 2. The van der Waals surface area contributed by atoms with Crippen LogP contribution in [0.3, 0.4) is 0 Å². The summed E-state index contributed by atoms with van der Waals surface area (Å²) in [6.07, 6.45) is 3.56. The van der Waals surface area contributed by atoms with Crippen molar-refractivity contribution >= 4 is 17.5 Å². The fourth-order valence-electron chi connectivity index (χ4n) is 4.11. The summed E-state index contributed by atoms with van der Waals surface area (Å²) < 4.78 is 15.7. The van der Waals surface area contributed by atoms with Gasteiger partial charge in [-0.25, -0.2) is 0 Å². The molecule has 1 fully saturated rings. The van der Waals surface area contributed by atoms with E-state index in [4.69, 9.17) is 13.9 Å². The molecule has 0 spiro atoms. The zero-order chi connectivity index (χ0) is 22.5. The molecule has 0 saturated carbocycles. The first-order valence-electron chi connectivity index (χ1n) is 10.5. The van der Waals surface area contributed by atoms with E-state index in [2.05, 4.69) is 5.32 Å². The van der Waals surface area contributed by atoms with Crippen molar-refractivity contribution in [3.8, 4) is 11.5 Å². The van der Waals surface area contributed by atoms with E-state index in [9.17, 15) is 9.59 Å². The lowest BCUT2D eigenvalue weighted by Gasteiger charge is -2.37. The van der Waals surface area contributed by atoms with E-state index >= 15 is 0 Å².